The number of carbonyl (C=O) groups excluding carboxylic acids is 1. The van der Waals surface area contributed by atoms with Crippen LogP contribution in [-0.4, -0.2) is 24.7 Å². The number of nitrogens with one attached hydrogen (secondary N) is 1. The summed E-state index contributed by atoms with van der Waals surface area (Å²) in [6.45, 7) is 0. The largest absolute Gasteiger partial charge is 0.497 e. The SMILES string of the molecule is COc1ccc(-n2ccc(/C=C(\C#N)C(=O)Nc3cccc(OC)c3)c2)cc1. The quantitative estimate of drug-likeness (QED) is 0.523. The molecule has 0 spiro atoms. The van der Waals surface area contributed by atoms with Crippen LogP contribution in [0.1, 0.15) is 5.56 Å². The number of rotatable bonds is 6. The number of nitriles is 1. The van der Waals surface area contributed by atoms with E-state index in [1.807, 2.05) is 53.4 Å². The van der Waals surface area contributed by atoms with Crippen LogP contribution in [0.3, 0.4) is 0 Å². The second-order valence-electron chi connectivity index (χ2n) is 5.91. The molecule has 1 amide bonds. The van der Waals surface area contributed by atoms with E-state index in [0.717, 1.165) is 17.0 Å². The fourth-order valence-corrected chi connectivity index (χ4v) is 2.63. The maximum atomic E-state index is 12.4. The summed E-state index contributed by atoms with van der Waals surface area (Å²) in [7, 11) is 3.17. The molecule has 1 heterocycles. The Hall–Kier alpha value is -3.98. The first-order valence-corrected chi connectivity index (χ1v) is 8.52. The third-order valence-corrected chi connectivity index (χ3v) is 4.09. The minimum Gasteiger partial charge on any atom is -0.497 e. The van der Waals surface area contributed by atoms with Gasteiger partial charge >= 0.3 is 0 Å². The van der Waals surface area contributed by atoms with E-state index in [4.69, 9.17) is 9.47 Å². The van der Waals surface area contributed by atoms with Crippen LogP contribution in [0.4, 0.5) is 5.69 Å². The van der Waals surface area contributed by atoms with E-state index in [-0.39, 0.29) is 5.57 Å². The Labute approximate surface area is 163 Å². The highest BCUT2D eigenvalue weighted by molar-refractivity contribution is 6.09. The van der Waals surface area contributed by atoms with Gasteiger partial charge in [0.1, 0.15) is 23.1 Å². The van der Waals surface area contributed by atoms with Gasteiger partial charge in [-0.2, -0.15) is 5.26 Å². The van der Waals surface area contributed by atoms with Crippen LogP contribution in [0, 0.1) is 11.3 Å². The first kappa shape index (κ1) is 18.8. The van der Waals surface area contributed by atoms with Gasteiger partial charge in [-0.3, -0.25) is 4.79 Å². The predicted octanol–water partition coefficient (Wildman–Crippen LogP) is 4.04. The van der Waals surface area contributed by atoms with Gasteiger partial charge in [0.15, 0.2) is 0 Å². The van der Waals surface area contributed by atoms with Gasteiger partial charge in [-0.1, -0.05) is 6.07 Å². The lowest BCUT2D eigenvalue weighted by Gasteiger charge is -2.06. The molecular formula is C22H19N3O3. The average Bonchev–Trinajstić information content (AvgIpc) is 3.20. The Balaban J connectivity index is 1.77. The van der Waals surface area contributed by atoms with Crippen molar-refractivity contribution in [2.45, 2.75) is 0 Å². The lowest BCUT2D eigenvalue weighted by molar-refractivity contribution is -0.112. The number of amides is 1. The molecule has 2 aromatic carbocycles. The third kappa shape index (κ3) is 4.40. The number of hydrogen-bond acceptors (Lipinski definition) is 4. The molecule has 140 valence electrons. The smallest absolute Gasteiger partial charge is 0.266 e. The van der Waals surface area contributed by atoms with E-state index in [0.29, 0.717) is 11.4 Å². The number of anilines is 1. The van der Waals surface area contributed by atoms with Crippen molar-refractivity contribution < 1.29 is 14.3 Å². The molecule has 0 bridgehead atoms. The van der Waals surface area contributed by atoms with Crippen molar-refractivity contribution in [1.82, 2.24) is 4.57 Å². The third-order valence-electron chi connectivity index (χ3n) is 4.09. The topological polar surface area (TPSA) is 76.3 Å². The summed E-state index contributed by atoms with van der Waals surface area (Å²) in [5.74, 6) is 0.918. The molecule has 0 fully saturated rings. The van der Waals surface area contributed by atoms with Gasteiger partial charge in [-0.05, 0) is 54.1 Å². The Morgan fingerprint density at radius 3 is 2.50 bits per heavy atom. The average molecular weight is 373 g/mol. The van der Waals surface area contributed by atoms with E-state index >= 15 is 0 Å². The van der Waals surface area contributed by atoms with Crippen molar-refractivity contribution >= 4 is 17.7 Å². The van der Waals surface area contributed by atoms with Crippen molar-refractivity contribution in [3.63, 3.8) is 0 Å². The standard InChI is InChI=1S/C22H19N3O3/c1-27-20-8-6-19(7-9-20)25-11-10-16(15-25)12-17(14-23)22(26)24-18-4-3-5-21(13-18)28-2/h3-13,15H,1-2H3,(H,24,26)/b17-12+. The second-order valence-corrected chi connectivity index (χ2v) is 5.91. The fraction of sp³-hybridized carbons (Fsp3) is 0.0909. The molecule has 1 aromatic heterocycles. The van der Waals surface area contributed by atoms with E-state index in [2.05, 4.69) is 5.32 Å². The molecule has 1 N–H and O–H groups in total. The molecule has 0 atom stereocenters. The first-order valence-electron chi connectivity index (χ1n) is 8.52. The number of methoxy groups -OCH3 is 2. The van der Waals surface area contributed by atoms with Gasteiger partial charge in [-0.25, -0.2) is 0 Å². The molecule has 0 radical (unpaired) electrons. The van der Waals surface area contributed by atoms with Gasteiger partial charge in [0.25, 0.3) is 5.91 Å². The molecule has 0 saturated carbocycles. The van der Waals surface area contributed by atoms with Crippen LogP contribution in [0.5, 0.6) is 11.5 Å². The highest BCUT2D eigenvalue weighted by Crippen LogP contribution is 2.19. The monoisotopic (exact) mass is 373 g/mol. The Morgan fingerprint density at radius 1 is 1.07 bits per heavy atom. The van der Waals surface area contributed by atoms with E-state index in [1.165, 1.54) is 0 Å². The highest BCUT2D eigenvalue weighted by atomic mass is 16.5. The van der Waals surface area contributed by atoms with Gasteiger partial charge in [0.2, 0.25) is 0 Å². The molecule has 0 aliphatic heterocycles. The van der Waals surface area contributed by atoms with Crippen LogP contribution < -0.4 is 14.8 Å². The van der Waals surface area contributed by atoms with Crippen LogP contribution in [0.25, 0.3) is 11.8 Å². The second kappa shape index (κ2) is 8.60. The fourth-order valence-electron chi connectivity index (χ4n) is 2.63. The lowest BCUT2D eigenvalue weighted by atomic mass is 10.2. The number of ether oxygens (including phenoxy) is 2. The zero-order valence-corrected chi connectivity index (χ0v) is 15.5. The molecule has 6 nitrogen and oxygen atoms in total. The first-order chi connectivity index (χ1) is 13.6. The summed E-state index contributed by atoms with van der Waals surface area (Å²) in [5.41, 5.74) is 2.25. The maximum Gasteiger partial charge on any atom is 0.266 e. The van der Waals surface area contributed by atoms with Gasteiger partial charge in [0.05, 0.1) is 14.2 Å². The summed E-state index contributed by atoms with van der Waals surface area (Å²) in [6.07, 6.45) is 5.26. The van der Waals surface area contributed by atoms with Crippen LogP contribution in [0.2, 0.25) is 0 Å². The lowest BCUT2D eigenvalue weighted by Crippen LogP contribution is -2.13. The zero-order valence-electron chi connectivity index (χ0n) is 15.5. The summed E-state index contributed by atoms with van der Waals surface area (Å²) < 4.78 is 12.2. The molecule has 3 aromatic rings. The van der Waals surface area contributed by atoms with Crippen molar-refractivity contribution in [1.29, 1.82) is 5.26 Å². The van der Waals surface area contributed by atoms with Crippen LogP contribution in [-0.2, 0) is 4.79 Å². The summed E-state index contributed by atoms with van der Waals surface area (Å²) in [4.78, 5) is 12.4. The van der Waals surface area contributed by atoms with E-state index in [9.17, 15) is 10.1 Å². The number of benzene rings is 2. The normalized spacial score (nSPS) is 10.8. The molecule has 0 unspecified atom stereocenters. The minimum absolute atomic E-state index is 0.00954. The van der Waals surface area contributed by atoms with Crippen LogP contribution in [0.15, 0.2) is 72.6 Å². The van der Waals surface area contributed by atoms with E-state index < -0.39 is 5.91 Å². The summed E-state index contributed by atoms with van der Waals surface area (Å²) in [5, 5.41) is 12.1. The molecule has 6 heteroatoms. The van der Waals surface area contributed by atoms with Crippen molar-refractivity contribution in [3.8, 4) is 23.3 Å². The Bertz CT molecular complexity index is 1040. The van der Waals surface area contributed by atoms with E-state index in [1.54, 1.807) is 44.6 Å². The van der Waals surface area contributed by atoms with Gasteiger partial charge in [-0.15, -0.1) is 0 Å². The Kier molecular flexibility index (Phi) is 5.78. The Morgan fingerprint density at radius 2 is 1.82 bits per heavy atom. The van der Waals surface area contributed by atoms with Crippen LogP contribution >= 0.6 is 0 Å². The maximum absolute atomic E-state index is 12.4. The minimum atomic E-state index is -0.479. The molecule has 28 heavy (non-hydrogen) atoms. The number of nitrogens with zero attached hydrogens (tertiary/aromatic N) is 2. The summed E-state index contributed by atoms with van der Waals surface area (Å²) in [6, 6.07) is 18.3. The number of hydrogen-bond donors (Lipinski definition) is 1. The zero-order chi connectivity index (χ0) is 19.9. The number of carbonyl (C=O) groups is 1. The van der Waals surface area contributed by atoms with Gasteiger partial charge in [0, 0.05) is 29.8 Å². The van der Waals surface area contributed by atoms with Crippen molar-refractivity contribution in [2.75, 3.05) is 19.5 Å². The van der Waals surface area contributed by atoms with Crippen molar-refractivity contribution in [2.24, 2.45) is 0 Å². The molecule has 0 aliphatic carbocycles. The molecular weight excluding hydrogens is 354 g/mol. The van der Waals surface area contributed by atoms with Crippen molar-refractivity contribution in [3.05, 3.63) is 78.1 Å². The highest BCUT2D eigenvalue weighted by Gasteiger charge is 2.10. The molecule has 3 rings (SSSR count). The number of aromatic nitrogens is 1. The predicted molar refractivity (Wildman–Crippen MR) is 108 cm³/mol. The molecule has 0 aliphatic rings. The molecule has 0 saturated heterocycles. The van der Waals surface area contributed by atoms with Gasteiger partial charge < -0.3 is 19.4 Å². The summed E-state index contributed by atoms with van der Waals surface area (Å²) >= 11 is 0.